The lowest BCUT2D eigenvalue weighted by atomic mass is 10.3. The highest BCUT2D eigenvalue weighted by Crippen LogP contribution is 2.25. The van der Waals surface area contributed by atoms with E-state index < -0.39 is 20.9 Å². The first-order chi connectivity index (χ1) is 9.77. The third-order valence-electron chi connectivity index (χ3n) is 2.51. The topological polar surface area (TPSA) is 170 Å². The van der Waals surface area contributed by atoms with Crippen molar-refractivity contribution in [2.75, 3.05) is 12.0 Å². The van der Waals surface area contributed by atoms with Crippen molar-refractivity contribution >= 4 is 27.3 Å². The van der Waals surface area contributed by atoms with Crippen LogP contribution in [0.1, 0.15) is 12.8 Å². The Morgan fingerprint density at radius 3 is 2.57 bits per heavy atom. The second kappa shape index (κ2) is 6.97. The third kappa shape index (κ3) is 4.66. The minimum atomic E-state index is -3.91. The standard InChI is InChI=1S/C10H15N5O5S/c11-10(16)2-1-5-13-21(19,20)9-4-3-7(15(17)18)6-8(9)14-12/h3-4,6,13-14H,1-2,5,12H2,(H2,11,16). The van der Waals surface area contributed by atoms with Gasteiger partial charge in [-0.1, -0.05) is 0 Å². The van der Waals surface area contributed by atoms with Gasteiger partial charge in [0.2, 0.25) is 15.9 Å². The van der Waals surface area contributed by atoms with E-state index in [0.29, 0.717) is 0 Å². The molecule has 0 aliphatic heterocycles. The monoisotopic (exact) mass is 317 g/mol. The summed E-state index contributed by atoms with van der Waals surface area (Å²) in [6.45, 7) is 0.00622. The summed E-state index contributed by atoms with van der Waals surface area (Å²) in [6, 6.07) is 3.14. The number of hydrogen-bond donors (Lipinski definition) is 4. The molecule has 0 unspecified atom stereocenters. The van der Waals surface area contributed by atoms with Crippen molar-refractivity contribution < 1.29 is 18.1 Å². The van der Waals surface area contributed by atoms with Crippen LogP contribution in [0, 0.1) is 10.1 Å². The van der Waals surface area contributed by atoms with E-state index in [1.807, 2.05) is 0 Å². The first-order valence-electron chi connectivity index (χ1n) is 5.81. The van der Waals surface area contributed by atoms with Gasteiger partial charge in [0.05, 0.1) is 10.6 Å². The van der Waals surface area contributed by atoms with Crippen molar-refractivity contribution in [1.82, 2.24) is 4.72 Å². The second-order valence-corrected chi connectivity index (χ2v) is 5.78. The van der Waals surface area contributed by atoms with Crippen LogP contribution in [0.5, 0.6) is 0 Å². The molecule has 1 amide bonds. The Morgan fingerprint density at radius 1 is 1.38 bits per heavy atom. The number of hydrazine groups is 1. The van der Waals surface area contributed by atoms with Crippen molar-refractivity contribution in [1.29, 1.82) is 0 Å². The lowest BCUT2D eigenvalue weighted by Gasteiger charge is -2.10. The molecule has 116 valence electrons. The fourth-order valence-electron chi connectivity index (χ4n) is 1.53. The Morgan fingerprint density at radius 2 is 2.05 bits per heavy atom. The van der Waals surface area contributed by atoms with E-state index in [1.54, 1.807) is 0 Å². The molecule has 0 bridgehead atoms. The largest absolute Gasteiger partial charge is 0.370 e. The molecule has 0 fully saturated rings. The van der Waals surface area contributed by atoms with Crippen molar-refractivity contribution in [2.45, 2.75) is 17.7 Å². The van der Waals surface area contributed by atoms with Crippen LogP contribution in [0.4, 0.5) is 11.4 Å². The van der Waals surface area contributed by atoms with Gasteiger partial charge in [0.1, 0.15) is 4.90 Å². The normalized spacial score (nSPS) is 11.1. The molecule has 0 radical (unpaired) electrons. The van der Waals surface area contributed by atoms with Crippen molar-refractivity contribution in [3.05, 3.63) is 28.3 Å². The molecule has 0 saturated carbocycles. The average Bonchev–Trinajstić information content (AvgIpc) is 2.42. The van der Waals surface area contributed by atoms with Gasteiger partial charge in [-0.15, -0.1) is 0 Å². The van der Waals surface area contributed by atoms with E-state index in [4.69, 9.17) is 11.6 Å². The molecule has 0 atom stereocenters. The molecule has 1 aromatic carbocycles. The highest BCUT2D eigenvalue weighted by Gasteiger charge is 2.20. The molecule has 0 saturated heterocycles. The summed E-state index contributed by atoms with van der Waals surface area (Å²) < 4.78 is 26.3. The first-order valence-corrected chi connectivity index (χ1v) is 7.29. The minimum Gasteiger partial charge on any atom is -0.370 e. The number of non-ortho nitro benzene ring substituents is 1. The number of primary amides is 1. The zero-order valence-electron chi connectivity index (χ0n) is 10.9. The number of carbonyl (C=O) groups excluding carboxylic acids is 1. The highest BCUT2D eigenvalue weighted by molar-refractivity contribution is 7.89. The van der Waals surface area contributed by atoms with Crippen LogP contribution < -0.4 is 21.7 Å². The Labute approximate surface area is 120 Å². The van der Waals surface area contributed by atoms with Crippen LogP contribution in [0.3, 0.4) is 0 Å². The van der Waals surface area contributed by atoms with Crippen LogP contribution in [0.15, 0.2) is 23.1 Å². The molecule has 6 N–H and O–H groups in total. The molecular formula is C10H15N5O5S. The summed E-state index contributed by atoms with van der Waals surface area (Å²) in [6.07, 6.45) is 0.289. The lowest BCUT2D eigenvalue weighted by molar-refractivity contribution is -0.384. The van der Waals surface area contributed by atoms with E-state index in [0.717, 1.165) is 18.2 Å². The van der Waals surface area contributed by atoms with Crippen LogP contribution >= 0.6 is 0 Å². The molecule has 0 heterocycles. The molecule has 1 aromatic rings. The fraction of sp³-hybridized carbons (Fsp3) is 0.300. The van der Waals surface area contributed by atoms with E-state index >= 15 is 0 Å². The van der Waals surface area contributed by atoms with Gasteiger partial charge in [-0.3, -0.25) is 20.8 Å². The third-order valence-corrected chi connectivity index (χ3v) is 4.03. The number of amides is 1. The van der Waals surface area contributed by atoms with Gasteiger partial charge in [0, 0.05) is 25.1 Å². The SMILES string of the molecule is NNc1cc([N+](=O)[O-])ccc1S(=O)(=O)NCCCC(N)=O. The quantitative estimate of drug-likeness (QED) is 0.215. The molecule has 1 rings (SSSR count). The fourth-order valence-corrected chi connectivity index (χ4v) is 2.75. The van der Waals surface area contributed by atoms with Gasteiger partial charge >= 0.3 is 0 Å². The van der Waals surface area contributed by atoms with Gasteiger partial charge in [-0.2, -0.15) is 0 Å². The zero-order valence-corrected chi connectivity index (χ0v) is 11.7. The molecule has 0 spiro atoms. The van der Waals surface area contributed by atoms with Gasteiger partial charge in [-0.25, -0.2) is 13.1 Å². The molecular weight excluding hydrogens is 302 g/mol. The zero-order chi connectivity index (χ0) is 16.0. The van der Waals surface area contributed by atoms with Crippen LogP contribution in [-0.4, -0.2) is 25.8 Å². The summed E-state index contributed by atoms with van der Waals surface area (Å²) >= 11 is 0. The number of anilines is 1. The number of nitrogens with zero attached hydrogens (tertiary/aromatic N) is 1. The maximum absolute atomic E-state index is 12.0. The lowest BCUT2D eigenvalue weighted by Crippen LogP contribution is -2.27. The van der Waals surface area contributed by atoms with Gasteiger partial charge in [0.15, 0.2) is 0 Å². The Bertz CT molecular complexity index is 645. The summed E-state index contributed by atoms with van der Waals surface area (Å²) in [5, 5.41) is 10.6. The second-order valence-electron chi connectivity index (χ2n) is 4.05. The number of hydrogen-bond acceptors (Lipinski definition) is 7. The number of nitrogens with one attached hydrogen (secondary N) is 2. The molecule has 0 aromatic heterocycles. The summed E-state index contributed by atoms with van der Waals surface area (Å²) in [7, 11) is -3.91. The smallest absolute Gasteiger partial charge is 0.271 e. The number of nitro groups is 1. The number of benzene rings is 1. The van der Waals surface area contributed by atoms with E-state index in [9.17, 15) is 23.3 Å². The number of nitrogens with two attached hydrogens (primary N) is 2. The number of sulfonamides is 1. The van der Waals surface area contributed by atoms with E-state index in [-0.39, 0.29) is 35.7 Å². The molecule has 0 aliphatic rings. The minimum absolute atomic E-state index is 0.00622. The number of rotatable bonds is 8. The van der Waals surface area contributed by atoms with E-state index in [1.165, 1.54) is 0 Å². The number of carbonyl (C=O) groups is 1. The summed E-state index contributed by atoms with van der Waals surface area (Å²) in [4.78, 5) is 20.3. The van der Waals surface area contributed by atoms with Crippen molar-refractivity contribution in [2.24, 2.45) is 11.6 Å². The molecule has 10 nitrogen and oxygen atoms in total. The predicted molar refractivity (Wildman–Crippen MR) is 74.5 cm³/mol. The van der Waals surface area contributed by atoms with Gasteiger partial charge in [-0.05, 0) is 12.5 Å². The number of nitrogen functional groups attached to an aromatic ring is 1. The molecule has 0 aliphatic carbocycles. The Hall–Kier alpha value is -2.24. The van der Waals surface area contributed by atoms with Crippen LogP contribution in [-0.2, 0) is 14.8 Å². The van der Waals surface area contributed by atoms with Crippen LogP contribution in [0.25, 0.3) is 0 Å². The number of nitro benzene ring substituents is 1. The van der Waals surface area contributed by atoms with Crippen molar-refractivity contribution in [3.63, 3.8) is 0 Å². The van der Waals surface area contributed by atoms with E-state index in [2.05, 4.69) is 10.1 Å². The highest BCUT2D eigenvalue weighted by atomic mass is 32.2. The average molecular weight is 317 g/mol. The Kier molecular flexibility index (Phi) is 5.58. The van der Waals surface area contributed by atoms with Crippen LogP contribution in [0.2, 0.25) is 0 Å². The first kappa shape index (κ1) is 16.8. The molecule has 11 heteroatoms. The maximum Gasteiger partial charge on any atom is 0.271 e. The van der Waals surface area contributed by atoms with Gasteiger partial charge < -0.3 is 11.2 Å². The van der Waals surface area contributed by atoms with Crippen molar-refractivity contribution in [3.8, 4) is 0 Å². The maximum atomic E-state index is 12.0. The summed E-state index contributed by atoms with van der Waals surface area (Å²) in [5.41, 5.74) is 6.64. The Balaban J connectivity index is 2.92. The predicted octanol–water partition coefficient (Wildman–Crippen LogP) is -0.576. The summed E-state index contributed by atoms with van der Waals surface area (Å²) in [5.74, 6) is 4.65. The van der Waals surface area contributed by atoms with Gasteiger partial charge in [0.25, 0.3) is 5.69 Å². The molecule has 21 heavy (non-hydrogen) atoms.